The molecule has 28 heavy (non-hydrogen) atoms. The molecule has 8 nitrogen and oxygen atoms in total. The van der Waals surface area contributed by atoms with Gasteiger partial charge in [0.05, 0.1) is 23.9 Å². The van der Waals surface area contributed by atoms with E-state index in [0.717, 1.165) is 11.7 Å². The van der Waals surface area contributed by atoms with Crippen molar-refractivity contribution in [3.8, 4) is 0 Å². The van der Waals surface area contributed by atoms with Crippen molar-refractivity contribution in [1.82, 2.24) is 18.0 Å². The monoisotopic (exact) mass is 424 g/mol. The molecule has 0 aliphatic carbocycles. The Kier molecular flexibility index (Phi) is 5.38. The molecule has 0 unspecified atom stereocenters. The third kappa shape index (κ3) is 3.66. The first kappa shape index (κ1) is 19.7. The van der Waals surface area contributed by atoms with E-state index in [4.69, 9.17) is 4.74 Å². The number of carbonyl (C=O) groups excluding carboxylic acids is 1. The Morgan fingerprint density at radius 1 is 1.14 bits per heavy atom. The second-order valence-corrected chi connectivity index (χ2v) is 10.0. The molecule has 2 aliphatic rings. The second kappa shape index (κ2) is 7.66. The van der Waals surface area contributed by atoms with E-state index >= 15 is 0 Å². The number of morpholine rings is 1. The number of nitrogens with zero attached hydrogens (tertiary/aromatic N) is 4. The lowest BCUT2D eigenvalue weighted by Crippen LogP contribution is -2.51. The SMILES string of the molecule is C[C@H]1CN(C(=O)C2CCN(S(=O)(=O)c3cccc4nsnc34)CC2)C[C@H](C)O1. The summed E-state index contributed by atoms with van der Waals surface area (Å²) in [6.07, 6.45) is 1.12. The van der Waals surface area contributed by atoms with Gasteiger partial charge in [0, 0.05) is 32.1 Å². The van der Waals surface area contributed by atoms with Crippen LogP contribution in [0.25, 0.3) is 11.0 Å². The maximum absolute atomic E-state index is 13.1. The van der Waals surface area contributed by atoms with E-state index in [9.17, 15) is 13.2 Å². The number of carbonyl (C=O) groups is 1. The number of hydrogen-bond donors (Lipinski definition) is 0. The number of amides is 1. The van der Waals surface area contributed by atoms with Crippen LogP contribution in [0.3, 0.4) is 0 Å². The largest absolute Gasteiger partial charge is 0.372 e. The topological polar surface area (TPSA) is 92.7 Å². The van der Waals surface area contributed by atoms with Crippen LogP contribution >= 0.6 is 11.7 Å². The van der Waals surface area contributed by atoms with Gasteiger partial charge in [-0.25, -0.2) is 8.42 Å². The van der Waals surface area contributed by atoms with Crippen molar-refractivity contribution in [2.45, 2.75) is 43.8 Å². The molecule has 3 heterocycles. The van der Waals surface area contributed by atoms with Gasteiger partial charge in [0.1, 0.15) is 15.9 Å². The third-order valence-corrected chi connectivity index (χ3v) is 7.87. The first-order valence-electron chi connectivity index (χ1n) is 9.52. The molecule has 2 aromatic rings. The van der Waals surface area contributed by atoms with E-state index in [1.54, 1.807) is 18.2 Å². The molecule has 0 radical (unpaired) electrons. The van der Waals surface area contributed by atoms with E-state index in [2.05, 4.69) is 8.75 Å². The van der Waals surface area contributed by atoms with Gasteiger partial charge in [-0.2, -0.15) is 13.1 Å². The van der Waals surface area contributed by atoms with Crippen LogP contribution in [-0.2, 0) is 19.6 Å². The average molecular weight is 425 g/mol. The highest BCUT2D eigenvalue weighted by molar-refractivity contribution is 7.89. The first-order chi connectivity index (χ1) is 13.4. The molecule has 1 aromatic carbocycles. The van der Waals surface area contributed by atoms with E-state index in [0.29, 0.717) is 50.1 Å². The maximum atomic E-state index is 13.1. The Morgan fingerprint density at radius 3 is 2.50 bits per heavy atom. The van der Waals surface area contributed by atoms with Crippen molar-refractivity contribution < 1.29 is 17.9 Å². The van der Waals surface area contributed by atoms with Gasteiger partial charge in [0.2, 0.25) is 15.9 Å². The Morgan fingerprint density at radius 2 is 1.82 bits per heavy atom. The molecular formula is C18H24N4O4S2. The fourth-order valence-corrected chi connectivity index (χ4v) is 6.31. The van der Waals surface area contributed by atoms with Crippen LogP contribution in [-0.4, -0.2) is 70.7 Å². The summed E-state index contributed by atoms with van der Waals surface area (Å²) >= 11 is 1.01. The van der Waals surface area contributed by atoms with Crippen molar-refractivity contribution in [2.75, 3.05) is 26.2 Å². The predicted molar refractivity (Wildman–Crippen MR) is 105 cm³/mol. The number of sulfonamides is 1. The van der Waals surface area contributed by atoms with E-state index in [-0.39, 0.29) is 28.9 Å². The van der Waals surface area contributed by atoms with Crippen LogP contribution < -0.4 is 0 Å². The zero-order valence-electron chi connectivity index (χ0n) is 15.9. The van der Waals surface area contributed by atoms with Crippen molar-refractivity contribution in [3.63, 3.8) is 0 Å². The standard InChI is InChI=1S/C18H24N4O4S2/c1-12-10-21(11-13(2)26-12)18(23)14-6-8-22(9-7-14)28(24,25)16-5-3-4-15-17(16)20-27-19-15/h3-5,12-14H,6-11H2,1-2H3/t12-,13-/m0/s1. The Hall–Kier alpha value is -1.62. The summed E-state index contributed by atoms with van der Waals surface area (Å²) in [7, 11) is -3.66. The molecular weight excluding hydrogens is 400 g/mol. The second-order valence-electron chi connectivity index (χ2n) is 7.57. The average Bonchev–Trinajstić information content (AvgIpc) is 3.15. The van der Waals surface area contributed by atoms with Crippen molar-refractivity contribution in [3.05, 3.63) is 18.2 Å². The number of piperidine rings is 1. The zero-order chi connectivity index (χ0) is 19.9. The van der Waals surface area contributed by atoms with E-state index < -0.39 is 10.0 Å². The first-order valence-corrected chi connectivity index (χ1v) is 11.7. The number of rotatable bonds is 3. The Labute approximate surface area is 168 Å². The Bertz CT molecular complexity index is 959. The summed E-state index contributed by atoms with van der Waals surface area (Å²) in [5.41, 5.74) is 1.01. The molecule has 2 atom stereocenters. The quantitative estimate of drug-likeness (QED) is 0.745. The van der Waals surface area contributed by atoms with Crippen molar-refractivity contribution >= 4 is 38.7 Å². The number of hydrogen-bond acceptors (Lipinski definition) is 7. The summed E-state index contributed by atoms with van der Waals surface area (Å²) in [6.45, 7) is 5.81. The highest BCUT2D eigenvalue weighted by Crippen LogP contribution is 2.29. The van der Waals surface area contributed by atoms with Crippen molar-refractivity contribution in [1.29, 1.82) is 0 Å². The van der Waals surface area contributed by atoms with Gasteiger partial charge < -0.3 is 9.64 Å². The molecule has 4 rings (SSSR count). The summed E-state index contributed by atoms with van der Waals surface area (Å²) in [5.74, 6) is -0.0227. The number of ether oxygens (including phenoxy) is 1. The number of fused-ring (bicyclic) bond motifs is 1. The highest BCUT2D eigenvalue weighted by Gasteiger charge is 2.36. The van der Waals surface area contributed by atoms with Crippen LogP contribution in [0.4, 0.5) is 0 Å². The minimum absolute atomic E-state index is 0.0281. The molecule has 10 heteroatoms. The number of benzene rings is 1. The van der Waals surface area contributed by atoms with Gasteiger partial charge in [-0.15, -0.1) is 0 Å². The molecule has 1 amide bonds. The molecule has 0 bridgehead atoms. The van der Waals surface area contributed by atoms with Crippen LogP contribution in [0.1, 0.15) is 26.7 Å². The summed E-state index contributed by atoms with van der Waals surface area (Å²) in [4.78, 5) is 15.0. The molecule has 0 N–H and O–H groups in total. The summed E-state index contributed by atoms with van der Waals surface area (Å²) in [6, 6.07) is 5.02. The minimum Gasteiger partial charge on any atom is -0.372 e. The Balaban J connectivity index is 1.45. The molecule has 1 aromatic heterocycles. The zero-order valence-corrected chi connectivity index (χ0v) is 17.6. The van der Waals surface area contributed by atoms with Crippen LogP contribution in [0, 0.1) is 5.92 Å². The van der Waals surface area contributed by atoms with Gasteiger partial charge in [0.25, 0.3) is 0 Å². The number of aromatic nitrogens is 2. The third-order valence-electron chi connectivity index (χ3n) is 5.40. The molecule has 2 aliphatic heterocycles. The summed E-state index contributed by atoms with van der Waals surface area (Å²) < 4.78 is 41.7. The lowest BCUT2D eigenvalue weighted by atomic mass is 9.96. The molecule has 2 fully saturated rings. The van der Waals surface area contributed by atoms with E-state index in [1.807, 2.05) is 18.7 Å². The van der Waals surface area contributed by atoms with Gasteiger partial charge >= 0.3 is 0 Å². The molecule has 0 saturated carbocycles. The predicted octanol–water partition coefficient (Wildman–Crippen LogP) is 1.73. The normalized spacial score (nSPS) is 25.3. The van der Waals surface area contributed by atoms with Crippen LogP contribution in [0.5, 0.6) is 0 Å². The smallest absolute Gasteiger partial charge is 0.245 e. The lowest BCUT2D eigenvalue weighted by molar-refractivity contribution is -0.148. The minimum atomic E-state index is -3.66. The molecule has 152 valence electrons. The van der Waals surface area contributed by atoms with Gasteiger partial charge in [-0.3, -0.25) is 4.79 Å². The fraction of sp³-hybridized carbons (Fsp3) is 0.611. The maximum Gasteiger partial charge on any atom is 0.245 e. The highest BCUT2D eigenvalue weighted by atomic mass is 32.2. The van der Waals surface area contributed by atoms with Crippen molar-refractivity contribution in [2.24, 2.45) is 5.92 Å². The van der Waals surface area contributed by atoms with Gasteiger partial charge in [0.15, 0.2) is 0 Å². The van der Waals surface area contributed by atoms with E-state index in [1.165, 1.54) is 4.31 Å². The lowest BCUT2D eigenvalue weighted by Gasteiger charge is -2.39. The van der Waals surface area contributed by atoms with Gasteiger partial charge in [-0.05, 0) is 38.8 Å². The summed E-state index contributed by atoms with van der Waals surface area (Å²) in [5, 5.41) is 0. The van der Waals surface area contributed by atoms with Gasteiger partial charge in [-0.1, -0.05) is 6.07 Å². The van der Waals surface area contributed by atoms with Crippen LogP contribution in [0.2, 0.25) is 0 Å². The molecule has 2 saturated heterocycles. The van der Waals surface area contributed by atoms with Crippen LogP contribution in [0.15, 0.2) is 23.1 Å². The fourth-order valence-electron chi connectivity index (χ4n) is 4.09. The molecule has 0 spiro atoms.